The summed E-state index contributed by atoms with van der Waals surface area (Å²) in [6, 6.07) is 10.4. The van der Waals surface area contributed by atoms with Crippen LogP contribution in [-0.4, -0.2) is 59.9 Å². The molecule has 1 saturated carbocycles. The summed E-state index contributed by atoms with van der Waals surface area (Å²) in [6.07, 6.45) is 4.45. The zero-order valence-electron chi connectivity index (χ0n) is 17.6. The smallest absolute Gasteiger partial charge is 0.213 e. The highest BCUT2D eigenvalue weighted by Gasteiger charge is 2.20. The van der Waals surface area contributed by atoms with Gasteiger partial charge in [0.05, 0.1) is 5.75 Å². The molecule has 3 N–H and O–H groups in total. The standard InChI is InChI=1S/C20H35N5O2S.HI/c1-3-25(19-11-5-4-6-12-19)15-8-13-22-20(21-2)23-14-16-28(26,27)24-17-18-9-7-10-18;/h4-6,11-12,18,24H,3,7-10,13-17H2,1-2H3,(H2,21,22,23);1H. The number of nitrogens with zero attached hydrogens (tertiary/aromatic N) is 2. The quantitative estimate of drug-likeness (QED) is 0.165. The van der Waals surface area contributed by atoms with E-state index in [1.165, 1.54) is 12.1 Å². The molecule has 0 saturated heterocycles. The fourth-order valence-electron chi connectivity index (χ4n) is 3.12. The SMILES string of the molecule is CCN(CCCNC(=NC)NCCS(=O)(=O)NCC1CCC1)c1ccccc1.I. The molecular formula is C20H36IN5O2S. The molecule has 0 heterocycles. The number of hydrogen-bond acceptors (Lipinski definition) is 4. The summed E-state index contributed by atoms with van der Waals surface area (Å²) in [5, 5.41) is 6.33. The molecule has 0 unspecified atom stereocenters. The summed E-state index contributed by atoms with van der Waals surface area (Å²) < 4.78 is 26.8. The third-order valence-electron chi connectivity index (χ3n) is 5.10. The van der Waals surface area contributed by atoms with E-state index in [4.69, 9.17) is 0 Å². The predicted octanol–water partition coefficient (Wildman–Crippen LogP) is 2.41. The third-order valence-corrected chi connectivity index (χ3v) is 6.45. The van der Waals surface area contributed by atoms with Gasteiger partial charge >= 0.3 is 0 Å². The van der Waals surface area contributed by atoms with Crippen LogP contribution in [0.15, 0.2) is 35.3 Å². The molecule has 0 spiro atoms. The van der Waals surface area contributed by atoms with Crippen molar-refractivity contribution in [3.05, 3.63) is 30.3 Å². The molecule has 0 amide bonds. The number of hydrogen-bond donors (Lipinski definition) is 3. The molecule has 1 aliphatic carbocycles. The molecule has 7 nitrogen and oxygen atoms in total. The fourth-order valence-corrected chi connectivity index (χ4v) is 4.13. The van der Waals surface area contributed by atoms with Crippen LogP contribution in [0.4, 0.5) is 5.69 Å². The lowest BCUT2D eigenvalue weighted by Gasteiger charge is -2.25. The summed E-state index contributed by atoms with van der Waals surface area (Å²) in [4.78, 5) is 6.50. The number of rotatable bonds is 12. The summed E-state index contributed by atoms with van der Waals surface area (Å²) in [5.74, 6) is 1.21. The van der Waals surface area contributed by atoms with Crippen LogP contribution in [-0.2, 0) is 10.0 Å². The van der Waals surface area contributed by atoms with Crippen molar-refractivity contribution in [2.75, 3.05) is 50.4 Å². The fraction of sp³-hybridized carbons (Fsp3) is 0.650. The van der Waals surface area contributed by atoms with Crippen molar-refractivity contribution in [1.29, 1.82) is 0 Å². The van der Waals surface area contributed by atoms with E-state index in [0.717, 1.165) is 38.9 Å². The minimum Gasteiger partial charge on any atom is -0.372 e. The predicted molar refractivity (Wildman–Crippen MR) is 133 cm³/mol. The molecule has 29 heavy (non-hydrogen) atoms. The Labute approximate surface area is 193 Å². The maximum Gasteiger partial charge on any atom is 0.213 e. The molecule has 1 aromatic carbocycles. The van der Waals surface area contributed by atoms with Crippen molar-refractivity contribution in [3.63, 3.8) is 0 Å². The number of nitrogens with one attached hydrogen (secondary N) is 3. The van der Waals surface area contributed by atoms with Gasteiger partial charge in [-0.05, 0) is 44.2 Å². The molecule has 0 aromatic heterocycles. The van der Waals surface area contributed by atoms with Crippen molar-refractivity contribution >= 4 is 45.6 Å². The maximum atomic E-state index is 12.0. The van der Waals surface area contributed by atoms with Gasteiger partial charge in [0, 0.05) is 45.5 Å². The minimum absolute atomic E-state index is 0. The first-order valence-corrected chi connectivity index (χ1v) is 11.9. The van der Waals surface area contributed by atoms with E-state index < -0.39 is 10.0 Å². The van der Waals surface area contributed by atoms with Crippen LogP contribution in [0.1, 0.15) is 32.6 Å². The van der Waals surface area contributed by atoms with Gasteiger partial charge in [0.25, 0.3) is 0 Å². The molecular weight excluding hydrogens is 501 g/mol. The highest BCUT2D eigenvalue weighted by atomic mass is 127. The van der Waals surface area contributed by atoms with E-state index in [2.05, 4.69) is 56.4 Å². The van der Waals surface area contributed by atoms with Crippen molar-refractivity contribution in [1.82, 2.24) is 15.4 Å². The summed E-state index contributed by atoms with van der Waals surface area (Å²) in [5.41, 5.74) is 1.23. The van der Waals surface area contributed by atoms with Crippen molar-refractivity contribution in [2.24, 2.45) is 10.9 Å². The number of anilines is 1. The Hall–Kier alpha value is -1.07. The van der Waals surface area contributed by atoms with Crippen LogP contribution in [0.2, 0.25) is 0 Å². The highest BCUT2D eigenvalue weighted by Crippen LogP contribution is 2.25. The Bertz CT molecular complexity index is 696. The molecule has 0 aliphatic heterocycles. The van der Waals surface area contributed by atoms with E-state index in [1.807, 2.05) is 6.07 Å². The second-order valence-corrected chi connectivity index (χ2v) is 9.09. The second kappa shape index (κ2) is 14.0. The van der Waals surface area contributed by atoms with Crippen LogP contribution in [0.25, 0.3) is 0 Å². The third kappa shape index (κ3) is 9.99. The Kier molecular flexibility index (Phi) is 12.6. The lowest BCUT2D eigenvalue weighted by Crippen LogP contribution is -2.42. The monoisotopic (exact) mass is 537 g/mol. The van der Waals surface area contributed by atoms with E-state index in [-0.39, 0.29) is 29.7 Å². The summed E-state index contributed by atoms with van der Waals surface area (Å²) >= 11 is 0. The van der Waals surface area contributed by atoms with Crippen LogP contribution < -0.4 is 20.3 Å². The average Bonchev–Trinajstić information content (AvgIpc) is 2.66. The normalized spacial score (nSPS) is 14.6. The second-order valence-electron chi connectivity index (χ2n) is 7.16. The Morgan fingerprint density at radius 2 is 1.86 bits per heavy atom. The molecule has 0 radical (unpaired) electrons. The first kappa shape index (κ1) is 26.0. The molecule has 1 aliphatic rings. The van der Waals surface area contributed by atoms with Gasteiger partial charge in [-0.25, -0.2) is 13.1 Å². The molecule has 2 rings (SSSR count). The van der Waals surface area contributed by atoms with Crippen LogP contribution >= 0.6 is 24.0 Å². The molecule has 1 aromatic rings. The topological polar surface area (TPSA) is 85.8 Å². The number of halogens is 1. The van der Waals surface area contributed by atoms with E-state index >= 15 is 0 Å². The Balaban J connectivity index is 0.00000420. The number of aliphatic imine (C=N–C) groups is 1. The Morgan fingerprint density at radius 1 is 1.17 bits per heavy atom. The van der Waals surface area contributed by atoms with Gasteiger partial charge in [-0.3, -0.25) is 4.99 Å². The van der Waals surface area contributed by atoms with Crippen molar-refractivity contribution in [2.45, 2.75) is 32.6 Å². The number of guanidine groups is 1. The van der Waals surface area contributed by atoms with Crippen molar-refractivity contribution in [3.8, 4) is 0 Å². The molecule has 0 bridgehead atoms. The molecule has 1 fully saturated rings. The van der Waals surface area contributed by atoms with E-state index in [1.54, 1.807) is 7.05 Å². The Morgan fingerprint density at radius 3 is 2.45 bits per heavy atom. The van der Waals surface area contributed by atoms with E-state index in [0.29, 0.717) is 25.0 Å². The number of benzene rings is 1. The number of para-hydroxylation sites is 1. The van der Waals surface area contributed by atoms with Gasteiger partial charge in [0.1, 0.15) is 0 Å². The van der Waals surface area contributed by atoms with Gasteiger partial charge in [-0.2, -0.15) is 0 Å². The summed E-state index contributed by atoms with van der Waals surface area (Å²) in [6.45, 7) is 5.75. The number of sulfonamides is 1. The van der Waals surface area contributed by atoms with E-state index in [9.17, 15) is 8.42 Å². The first-order valence-electron chi connectivity index (χ1n) is 10.3. The minimum atomic E-state index is -3.23. The maximum absolute atomic E-state index is 12.0. The zero-order chi connectivity index (χ0) is 20.2. The van der Waals surface area contributed by atoms with Gasteiger partial charge < -0.3 is 15.5 Å². The van der Waals surface area contributed by atoms with Gasteiger partial charge in [-0.1, -0.05) is 24.6 Å². The largest absolute Gasteiger partial charge is 0.372 e. The van der Waals surface area contributed by atoms with Crippen LogP contribution in [0.5, 0.6) is 0 Å². The lowest BCUT2D eigenvalue weighted by atomic mass is 9.86. The lowest BCUT2D eigenvalue weighted by molar-refractivity contribution is 0.316. The van der Waals surface area contributed by atoms with Crippen molar-refractivity contribution < 1.29 is 8.42 Å². The van der Waals surface area contributed by atoms with Crippen LogP contribution in [0.3, 0.4) is 0 Å². The average molecular weight is 538 g/mol. The summed E-state index contributed by atoms with van der Waals surface area (Å²) in [7, 11) is -1.53. The zero-order valence-corrected chi connectivity index (χ0v) is 20.7. The molecule has 166 valence electrons. The van der Waals surface area contributed by atoms with Gasteiger partial charge in [0.2, 0.25) is 10.0 Å². The van der Waals surface area contributed by atoms with Crippen LogP contribution in [0, 0.1) is 5.92 Å². The highest BCUT2D eigenvalue weighted by molar-refractivity contribution is 14.0. The first-order chi connectivity index (χ1) is 13.5. The van der Waals surface area contributed by atoms with Gasteiger partial charge in [0.15, 0.2) is 5.96 Å². The van der Waals surface area contributed by atoms with Gasteiger partial charge in [-0.15, -0.1) is 24.0 Å². The molecule has 0 atom stereocenters. The molecule has 9 heteroatoms.